The molecule has 0 unspecified atom stereocenters. The van der Waals surface area contributed by atoms with E-state index in [1.807, 2.05) is 13.8 Å². The summed E-state index contributed by atoms with van der Waals surface area (Å²) in [7, 11) is 0. The highest BCUT2D eigenvalue weighted by Gasteiger charge is 2.22. The molecule has 0 aliphatic heterocycles. The van der Waals surface area contributed by atoms with Crippen LogP contribution in [0, 0.1) is 11.8 Å². The summed E-state index contributed by atoms with van der Waals surface area (Å²) < 4.78 is 0. The molecule has 0 heterocycles. The van der Waals surface area contributed by atoms with Crippen molar-refractivity contribution in [2.24, 2.45) is 11.8 Å². The topological polar surface area (TPSA) is 37.3 Å². The van der Waals surface area contributed by atoms with E-state index in [-0.39, 0.29) is 5.92 Å². The molecule has 0 saturated carbocycles. The molecule has 0 aromatic heterocycles. The summed E-state index contributed by atoms with van der Waals surface area (Å²) in [5.41, 5.74) is 0. The second-order valence-corrected chi connectivity index (χ2v) is 3.47. The highest BCUT2D eigenvalue weighted by Crippen LogP contribution is 2.21. The molecule has 0 aromatic carbocycles. The molecule has 0 saturated heterocycles. The number of carbonyl (C=O) groups is 1. The summed E-state index contributed by atoms with van der Waals surface area (Å²) in [5.74, 6) is -0.443. The van der Waals surface area contributed by atoms with Gasteiger partial charge in [-0.25, -0.2) is 0 Å². The molecule has 0 rings (SSSR count). The molecule has 72 valence electrons. The van der Waals surface area contributed by atoms with Crippen molar-refractivity contribution in [1.29, 1.82) is 0 Å². The van der Waals surface area contributed by atoms with Crippen LogP contribution in [0.4, 0.5) is 0 Å². The molecule has 0 aliphatic carbocycles. The van der Waals surface area contributed by atoms with Crippen molar-refractivity contribution < 1.29 is 9.90 Å². The van der Waals surface area contributed by atoms with Crippen molar-refractivity contribution in [3.63, 3.8) is 0 Å². The first-order valence-electron chi connectivity index (χ1n) is 4.86. The van der Waals surface area contributed by atoms with Gasteiger partial charge in [0.2, 0.25) is 0 Å². The van der Waals surface area contributed by atoms with E-state index in [1.165, 1.54) is 0 Å². The van der Waals surface area contributed by atoms with E-state index >= 15 is 0 Å². The minimum atomic E-state index is -0.627. The smallest absolute Gasteiger partial charge is 0.306 e. The lowest BCUT2D eigenvalue weighted by Crippen LogP contribution is -2.21. The normalized spacial score (nSPS) is 15.6. The largest absolute Gasteiger partial charge is 0.481 e. The predicted octanol–water partition coefficient (Wildman–Crippen LogP) is 2.92. The zero-order valence-corrected chi connectivity index (χ0v) is 8.34. The van der Waals surface area contributed by atoms with E-state index in [4.69, 9.17) is 5.11 Å². The Balaban J connectivity index is 3.94. The summed E-state index contributed by atoms with van der Waals surface area (Å²) in [6.45, 7) is 6.16. The van der Waals surface area contributed by atoms with Crippen LogP contribution in [0.15, 0.2) is 0 Å². The minimum absolute atomic E-state index is 0.130. The Morgan fingerprint density at radius 2 is 2.00 bits per heavy atom. The Bertz CT molecular complexity index is 132. The molecule has 12 heavy (non-hydrogen) atoms. The summed E-state index contributed by atoms with van der Waals surface area (Å²) in [6, 6.07) is 0. The molecule has 0 bridgehead atoms. The van der Waals surface area contributed by atoms with Crippen molar-refractivity contribution in [2.45, 2.75) is 46.5 Å². The molecule has 0 aliphatic rings. The highest BCUT2D eigenvalue weighted by atomic mass is 16.4. The summed E-state index contributed by atoms with van der Waals surface area (Å²) in [6.07, 6.45) is 3.91. The third kappa shape index (κ3) is 3.74. The third-order valence-corrected chi connectivity index (χ3v) is 2.52. The Morgan fingerprint density at radius 3 is 2.33 bits per heavy atom. The highest BCUT2D eigenvalue weighted by molar-refractivity contribution is 5.70. The van der Waals surface area contributed by atoms with Crippen LogP contribution in [0.2, 0.25) is 0 Å². The number of aliphatic carboxylic acids is 1. The number of carboxylic acid groups (broad SMARTS) is 1. The van der Waals surface area contributed by atoms with Crippen molar-refractivity contribution >= 4 is 5.97 Å². The van der Waals surface area contributed by atoms with Gasteiger partial charge in [-0.1, -0.05) is 40.0 Å². The Hall–Kier alpha value is -0.530. The Labute approximate surface area is 75.0 Å². The van der Waals surface area contributed by atoms with Crippen molar-refractivity contribution in [1.82, 2.24) is 0 Å². The molecule has 1 N–H and O–H groups in total. The van der Waals surface area contributed by atoms with Gasteiger partial charge in [-0.2, -0.15) is 0 Å². The van der Waals surface area contributed by atoms with Gasteiger partial charge in [0.15, 0.2) is 0 Å². The molecular formula is C10H20O2. The van der Waals surface area contributed by atoms with Gasteiger partial charge in [-0.15, -0.1) is 0 Å². The zero-order valence-electron chi connectivity index (χ0n) is 8.34. The maximum atomic E-state index is 10.8. The summed E-state index contributed by atoms with van der Waals surface area (Å²) in [4.78, 5) is 10.8. The van der Waals surface area contributed by atoms with Crippen LogP contribution in [-0.4, -0.2) is 11.1 Å². The molecule has 0 radical (unpaired) electrons. The zero-order chi connectivity index (χ0) is 9.56. The first kappa shape index (κ1) is 11.5. The van der Waals surface area contributed by atoms with Crippen LogP contribution < -0.4 is 0 Å². The lowest BCUT2D eigenvalue weighted by molar-refractivity contribution is -0.143. The van der Waals surface area contributed by atoms with E-state index in [0.29, 0.717) is 5.92 Å². The summed E-state index contributed by atoms with van der Waals surface area (Å²) in [5, 5.41) is 8.90. The van der Waals surface area contributed by atoms with Gasteiger partial charge in [-0.05, 0) is 12.3 Å². The van der Waals surface area contributed by atoms with Gasteiger partial charge in [0, 0.05) is 0 Å². The fourth-order valence-corrected chi connectivity index (χ4v) is 1.36. The lowest BCUT2D eigenvalue weighted by Gasteiger charge is -2.17. The fourth-order valence-electron chi connectivity index (χ4n) is 1.36. The summed E-state index contributed by atoms with van der Waals surface area (Å²) >= 11 is 0. The van der Waals surface area contributed by atoms with Crippen LogP contribution in [0.25, 0.3) is 0 Å². The van der Waals surface area contributed by atoms with E-state index < -0.39 is 5.97 Å². The Kier molecular flexibility index (Phi) is 5.77. The van der Waals surface area contributed by atoms with Gasteiger partial charge < -0.3 is 5.11 Å². The number of unbranched alkanes of at least 4 members (excludes halogenated alkanes) is 1. The minimum Gasteiger partial charge on any atom is -0.481 e. The average molecular weight is 172 g/mol. The standard InChI is InChI=1S/C10H20O2/c1-4-6-7-9(10(11)12)8(3)5-2/h8-9H,4-7H2,1-3H3,(H,11,12)/t8-,9-/m0/s1. The van der Waals surface area contributed by atoms with Gasteiger partial charge in [0.25, 0.3) is 0 Å². The predicted molar refractivity (Wildman–Crippen MR) is 50.1 cm³/mol. The van der Waals surface area contributed by atoms with Crippen molar-refractivity contribution in [3.8, 4) is 0 Å². The van der Waals surface area contributed by atoms with Gasteiger partial charge >= 0.3 is 5.97 Å². The molecule has 0 aromatic rings. The van der Waals surface area contributed by atoms with Crippen molar-refractivity contribution in [3.05, 3.63) is 0 Å². The van der Waals surface area contributed by atoms with E-state index in [9.17, 15) is 4.79 Å². The fraction of sp³-hybridized carbons (Fsp3) is 0.900. The van der Waals surface area contributed by atoms with Gasteiger partial charge in [0.05, 0.1) is 5.92 Å². The first-order valence-corrected chi connectivity index (χ1v) is 4.86. The first-order chi connectivity index (χ1) is 5.63. The van der Waals surface area contributed by atoms with Gasteiger partial charge in [-0.3, -0.25) is 4.79 Å². The molecule has 2 nitrogen and oxygen atoms in total. The number of carboxylic acids is 1. The molecule has 0 fully saturated rings. The van der Waals surface area contributed by atoms with Crippen molar-refractivity contribution in [2.75, 3.05) is 0 Å². The Morgan fingerprint density at radius 1 is 1.42 bits per heavy atom. The van der Waals surface area contributed by atoms with Crippen LogP contribution in [0.3, 0.4) is 0 Å². The van der Waals surface area contributed by atoms with E-state index in [2.05, 4.69) is 6.92 Å². The monoisotopic (exact) mass is 172 g/mol. The number of hydrogen-bond acceptors (Lipinski definition) is 1. The molecule has 0 spiro atoms. The molecule has 0 amide bonds. The van der Waals surface area contributed by atoms with Crippen LogP contribution in [0.1, 0.15) is 46.5 Å². The second kappa shape index (κ2) is 6.04. The average Bonchev–Trinajstić information content (AvgIpc) is 2.04. The second-order valence-electron chi connectivity index (χ2n) is 3.47. The number of hydrogen-bond donors (Lipinski definition) is 1. The van der Waals surface area contributed by atoms with E-state index in [0.717, 1.165) is 25.7 Å². The molecular weight excluding hydrogens is 152 g/mol. The SMILES string of the molecule is CCCC[C@H](C(=O)O)[C@@H](C)CC. The lowest BCUT2D eigenvalue weighted by atomic mass is 9.88. The molecule has 2 heteroatoms. The quantitative estimate of drug-likeness (QED) is 0.668. The van der Waals surface area contributed by atoms with Crippen LogP contribution in [0.5, 0.6) is 0 Å². The maximum absolute atomic E-state index is 10.8. The maximum Gasteiger partial charge on any atom is 0.306 e. The third-order valence-electron chi connectivity index (χ3n) is 2.52. The van der Waals surface area contributed by atoms with Crippen LogP contribution >= 0.6 is 0 Å². The van der Waals surface area contributed by atoms with Crippen LogP contribution in [-0.2, 0) is 4.79 Å². The van der Waals surface area contributed by atoms with Gasteiger partial charge in [0.1, 0.15) is 0 Å². The van der Waals surface area contributed by atoms with E-state index in [1.54, 1.807) is 0 Å². The molecule has 2 atom stereocenters. The number of rotatable bonds is 6.